The summed E-state index contributed by atoms with van der Waals surface area (Å²) in [6, 6.07) is 0. The van der Waals surface area contributed by atoms with Crippen LogP contribution in [0.3, 0.4) is 0 Å². The highest BCUT2D eigenvalue weighted by Gasteiger charge is 2.10. The van der Waals surface area contributed by atoms with Gasteiger partial charge in [0.1, 0.15) is 0 Å². The SMILES string of the molecule is CC1=C=CC2=C(C=C1C)CNCC2. The van der Waals surface area contributed by atoms with Gasteiger partial charge in [0.15, 0.2) is 0 Å². The Bertz CT molecular complexity index is 349. The van der Waals surface area contributed by atoms with Crippen molar-refractivity contribution in [2.45, 2.75) is 20.3 Å². The summed E-state index contributed by atoms with van der Waals surface area (Å²) in [6.07, 6.45) is 5.57. The zero-order chi connectivity index (χ0) is 9.26. The molecule has 0 spiro atoms. The van der Waals surface area contributed by atoms with Crippen LogP contribution >= 0.6 is 0 Å². The Balaban J connectivity index is 2.45. The zero-order valence-electron chi connectivity index (χ0n) is 8.28. The second-order valence-electron chi connectivity index (χ2n) is 3.72. The molecular weight excluding hydrogens is 158 g/mol. The average Bonchev–Trinajstić information content (AvgIpc) is 2.28. The van der Waals surface area contributed by atoms with Crippen LogP contribution < -0.4 is 5.32 Å². The minimum atomic E-state index is 1.01. The third-order valence-electron chi connectivity index (χ3n) is 2.74. The van der Waals surface area contributed by atoms with Crippen LogP contribution in [0.4, 0.5) is 0 Å². The van der Waals surface area contributed by atoms with E-state index in [9.17, 15) is 0 Å². The highest BCUT2D eigenvalue weighted by atomic mass is 14.9. The Morgan fingerprint density at radius 2 is 2.15 bits per heavy atom. The molecule has 2 aliphatic rings. The van der Waals surface area contributed by atoms with E-state index in [0.29, 0.717) is 0 Å². The fourth-order valence-electron chi connectivity index (χ4n) is 1.71. The van der Waals surface area contributed by atoms with Gasteiger partial charge in [-0.05, 0) is 55.2 Å². The first-order valence-electron chi connectivity index (χ1n) is 4.82. The summed E-state index contributed by atoms with van der Waals surface area (Å²) in [4.78, 5) is 0. The molecule has 0 bridgehead atoms. The highest BCUT2D eigenvalue weighted by Crippen LogP contribution is 2.21. The molecule has 1 nitrogen and oxygen atoms in total. The van der Waals surface area contributed by atoms with Gasteiger partial charge in [0.25, 0.3) is 0 Å². The van der Waals surface area contributed by atoms with Gasteiger partial charge in [0.05, 0.1) is 0 Å². The van der Waals surface area contributed by atoms with Gasteiger partial charge >= 0.3 is 0 Å². The van der Waals surface area contributed by atoms with Crippen LogP contribution in [-0.2, 0) is 0 Å². The molecule has 0 saturated heterocycles. The van der Waals surface area contributed by atoms with Crippen molar-refractivity contribution in [1.82, 2.24) is 5.32 Å². The molecule has 1 heterocycles. The number of hydrogen-bond acceptors (Lipinski definition) is 1. The van der Waals surface area contributed by atoms with Crippen LogP contribution in [0.5, 0.6) is 0 Å². The third-order valence-corrected chi connectivity index (χ3v) is 2.74. The van der Waals surface area contributed by atoms with Gasteiger partial charge < -0.3 is 5.32 Å². The number of rotatable bonds is 0. The lowest BCUT2D eigenvalue weighted by Crippen LogP contribution is -2.23. The molecule has 0 radical (unpaired) electrons. The summed E-state index contributed by atoms with van der Waals surface area (Å²) in [7, 11) is 0. The van der Waals surface area contributed by atoms with Crippen LogP contribution in [0.2, 0.25) is 0 Å². The van der Waals surface area contributed by atoms with Gasteiger partial charge in [-0.15, -0.1) is 5.73 Å². The molecule has 0 saturated carbocycles. The topological polar surface area (TPSA) is 12.0 Å². The fourth-order valence-corrected chi connectivity index (χ4v) is 1.71. The Labute approximate surface area is 79.5 Å². The fraction of sp³-hybridized carbons (Fsp3) is 0.417. The summed E-state index contributed by atoms with van der Waals surface area (Å²) < 4.78 is 0. The quantitative estimate of drug-likeness (QED) is 0.554. The number of allylic oxidation sites excluding steroid dienone is 2. The minimum Gasteiger partial charge on any atom is -0.312 e. The Hall–Kier alpha value is -1.04. The molecular formula is C12H15N. The number of hydrogen-bond donors (Lipinski definition) is 1. The first kappa shape index (κ1) is 8.55. The molecule has 13 heavy (non-hydrogen) atoms. The molecule has 1 heteroatoms. The molecule has 0 atom stereocenters. The second kappa shape index (κ2) is 3.37. The average molecular weight is 173 g/mol. The van der Waals surface area contributed by atoms with E-state index in [4.69, 9.17) is 0 Å². The molecule has 0 aromatic carbocycles. The monoisotopic (exact) mass is 173 g/mol. The van der Waals surface area contributed by atoms with Crippen LogP contribution in [0.1, 0.15) is 20.3 Å². The van der Waals surface area contributed by atoms with Crippen LogP contribution in [0.15, 0.2) is 40.2 Å². The molecule has 0 amide bonds. The van der Waals surface area contributed by atoms with Crippen LogP contribution in [0, 0.1) is 0 Å². The predicted octanol–water partition coefficient (Wildman–Crippen LogP) is 2.34. The van der Waals surface area contributed by atoms with E-state index >= 15 is 0 Å². The van der Waals surface area contributed by atoms with Crippen molar-refractivity contribution in [3.05, 3.63) is 40.2 Å². The largest absolute Gasteiger partial charge is 0.312 e. The lowest BCUT2D eigenvalue weighted by atomic mass is 10.0. The molecule has 0 aromatic rings. The minimum absolute atomic E-state index is 1.01. The van der Waals surface area contributed by atoms with Gasteiger partial charge in [-0.3, -0.25) is 0 Å². The van der Waals surface area contributed by atoms with E-state index in [1.807, 2.05) is 0 Å². The lowest BCUT2D eigenvalue weighted by molar-refractivity contribution is 0.695. The van der Waals surface area contributed by atoms with Crippen molar-refractivity contribution in [2.75, 3.05) is 13.1 Å². The van der Waals surface area contributed by atoms with E-state index in [-0.39, 0.29) is 0 Å². The molecule has 0 aromatic heterocycles. The summed E-state index contributed by atoms with van der Waals surface area (Å²) in [5.41, 5.74) is 8.82. The maximum absolute atomic E-state index is 3.39. The lowest BCUT2D eigenvalue weighted by Gasteiger charge is -2.16. The third kappa shape index (κ3) is 1.67. The summed E-state index contributed by atoms with van der Waals surface area (Å²) >= 11 is 0. The van der Waals surface area contributed by atoms with E-state index in [2.05, 4.69) is 37.0 Å². The summed E-state index contributed by atoms with van der Waals surface area (Å²) in [6.45, 7) is 6.38. The first-order valence-corrected chi connectivity index (χ1v) is 4.82. The standard InChI is InChI=1S/C12H15N/c1-9-3-4-11-5-6-13-8-12(11)7-10(9)2/h4,7,13H,5-6,8H2,1-2H3. The van der Waals surface area contributed by atoms with Crippen molar-refractivity contribution < 1.29 is 0 Å². The predicted molar refractivity (Wildman–Crippen MR) is 55.5 cm³/mol. The Morgan fingerprint density at radius 3 is 3.00 bits per heavy atom. The van der Waals surface area contributed by atoms with Crippen LogP contribution in [-0.4, -0.2) is 13.1 Å². The molecule has 2 rings (SSSR count). The molecule has 1 aliphatic heterocycles. The molecule has 0 unspecified atom stereocenters. The van der Waals surface area contributed by atoms with Crippen molar-refractivity contribution in [3.63, 3.8) is 0 Å². The smallest absolute Gasteiger partial charge is 0.0208 e. The van der Waals surface area contributed by atoms with Gasteiger partial charge in [-0.1, -0.05) is 6.08 Å². The summed E-state index contributed by atoms with van der Waals surface area (Å²) in [5, 5.41) is 3.39. The van der Waals surface area contributed by atoms with Gasteiger partial charge in [-0.25, -0.2) is 0 Å². The van der Waals surface area contributed by atoms with Crippen molar-refractivity contribution in [3.8, 4) is 0 Å². The maximum Gasteiger partial charge on any atom is 0.0208 e. The zero-order valence-corrected chi connectivity index (χ0v) is 8.28. The molecule has 68 valence electrons. The van der Waals surface area contributed by atoms with Crippen LogP contribution in [0.25, 0.3) is 0 Å². The Morgan fingerprint density at radius 1 is 1.31 bits per heavy atom. The maximum atomic E-state index is 3.39. The molecule has 0 fully saturated rings. The van der Waals surface area contributed by atoms with E-state index in [1.165, 1.54) is 22.3 Å². The Kier molecular flexibility index (Phi) is 2.22. The normalized spacial score (nSPS) is 22.0. The summed E-state index contributed by atoms with van der Waals surface area (Å²) in [5.74, 6) is 0. The first-order chi connectivity index (χ1) is 6.27. The highest BCUT2D eigenvalue weighted by molar-refractivity contribution is 5.45. The van der Waals surface area contributed by atoms with Gasteiger partial charge in [0, 0.05) is 6.54 Å². The second-order valence-corrected chi connectivity index (χ2v) is 3.72. The van der Waals surface area contributed by atoms with E-state index in [0.717, 1.165) is 19.5 Å². The van der Waals surface area contributed by atoms with E-state index < -0.39 is 0 Å². The molecule has 1 aliphatic carbocycles. The molecule has 1 N–H and O–H groups in total. The van der Waals surface area contributed by atoms with Gasteiger partial charge in [-0.2, -0.15) is 0 Å². The van der Waals surface area contributed by atoms with Crippen molar-refractivity contribution >= 4 is 0 Å². The van der Waals surface area contributed by atoms with Crippen molar-refractivity contribution in [2.24, 2.45) is 0 Å². The van der Waals surface area contributed by atoms with E-state index in [1.54, 1.807) is 0 Å². The number of nitrogens with one attached hydrogen (secondary N) is 1. The van der Waals surface area contributed by atoms with Crippen molar-refractivity contribution in [1.29, 1.82) is 0 Å². The van der Waals surface area contributed by atoms with Gasteiger partial charge in [0.2, 0.25) is 0 Å².